The van der Waals surface area contributed by atoms with Crippen molar-refractivity contribution in [3.05, 3.63) is 45.4 Å². The molecular weight excluding hydrogens is 256 g/mol. The highest BCUT2D eigenvalue weighted by atomic mass is 32.1. The van der Waals surface area contributed by atoms with Crippen molar-refractivity contribution in [1.29, 1.82) is 0 Å². The molecule has 0 aliphatic carbocycles. The number of halogens is 2. The monoisotopic (exact) mass is 269 g/mol. The Kier molecular flexibility index (Phi) is 4.33. The molecule has 0 fully saturated rings. The van der Waals surface area contributed by atoms with E-state index in [1.807, 2.05) is 6.92 Å². The normalized spacial score (nSPS) is 10.8. The van der Waals surface area contributed by atoms with E-state index in [0.29, 0.717) is 18.5 Å². The molecule has 0 spiro atoms. The standard InChI is InChI=1S/C12H13F2N3S/c1-2-15-7-12-17-16-11(18-12)5-8-3-4-9(13)6-10(8)14/h3-4,6,15H,2,5,7H2,1H3. The molecule has 0 atom stereocenters. The zero-order chi connectivity index (χ0) is 13.0. The van der Waals surface area contributed by atoms with Gasteiger partial charge in [-0.1, -0.05) is 24.3 Å². The van der Waals surface area contributed by atoms with E-state index >= 15 is 0 Å². The van der Waals surface area contributed by atoms with Gasteiger partial charge in [0.2, 0.25) is 0 Å². The molecule has 1 aromatic heterocycles. The number of rotatable bonds is 5. The highest BCUT2D eigenvalue weighted by molar-refractivity contribution is 7.11. The van der Waals surface area contributed by atoms with Crippen LogP contribution in [0.25, 0.3) is 0 Å². The second kappa shape index (κ2) is 5.97. The number of hydrogen-bond acceptors (Lipinski definition) is 4. The van der Waals surface area contributed by atoms with Crippen LogP contribution in [0.4, 0.5) is 8.78 Å². The first kappa shape index (κ1) is 13.0. The van der Waals surface area contributed by atoms with E-state index in [2.05, 4.69) is 15.5 Å². The van der Waals surface area contributed by atoms with Gasteiger partial charge in [0.05, 0.1) is 0 Å². The Morgan fingerprint density at radius 2 is 2.00 bits per heavy atom. The van der Waals surface area contributed by atoms with Crippen LogP contribution in [0.2, 0.25) is 0 Å². The summed E-state index contributed by atoms with van der Waals surface area (Å²) in [6.45, 7) is 3.54. The van der Waals surface area contributed by atoms with Gasteiger partial charge in [-0.2, -0.15) is 0 Å². The molecule has 0 saturated heterocycles. The molecule has 0 aliphatic rings. The van der Waals surface area contributed by atoms with Crippen molar-refractivity contribution in [1.82, 2.24) is 15.5 Å². The third-order valence-corrected chi connectivity index (χ3v) is 3.31. The number of aromatic nitrogens is 2. The van der Waals surface area contributed by atoms with Gasteiger partial charge in [0, 0.05) is 19.0 Å². The van der Waals surface area contributed by atoms with Crippen LogP contribution in [-0.2, 0) is 13.0 Å². The summed E-state index contributed by atoms with van der Waals surface area (Å²) >= 11 is 1.44. The molecule has 1 heterocycles. The molecule has 18 heavy (non-hydrogen) atoms. The van der Waals surface area contributed by atoms with Crippen LogP contribution in [0, 0.1) is 11.6 Å². The van der Waals surface area contributed by atoms with Gasteiger partial charge >= 0.3 is 0 Å². The smallest absolute Gasteiger partial charge is 0.131 e. The maximum absolute atomic E-state index is 13.4. The van der Waals surface area contributed by atoms with Gasteiger partial charge in [-0.25, -0.2) is 8.78 Å². The van der Waals surface area contributed by atoms with Crippen molar-refractivity contribution < 1.29 is 8.78 Å². The fourth-order valence-corrected chi connectivity index (χ4v) is 2.33. The van der Waals surface area contributed by atoms with E-state index in [4.69, 9.17) is 0 Å². The molecule has 2 aromatic rings. The van der Waals surface area contributed by atoms with Crippen LogP contribution in [-0.4, -0.2) is 16.7 Å². The Bertz CT molecular complexity index is 528. The number of hydrogen-bond donors (Lipinski definition) is 1. The molecular formula is C12H13F2N3S. The molecule has 0 saturated carbocycles. The van der Waals surface area contributed by atoms with Crippen molar-refractivity contribution in [3.63, 3.8) is 0 Å². The third kappa shape index (κ3) is 3.30. The lowest BCUT2D eigenvalue weighted by Gasteiger charge is -1.99. The topological polar surface area (TPSA) is 37.8 Å². The zero-order valence-corrected chi connectivity index (χ0v) is 10.7. The Labute approximate surface area is 108 Å². The first-order valence-corrected chi connectivity index (χ1v) is 6.46. The maximum atomic E-state index is 13.4. The SMILES string of the molecule is CCNCc1nnc(Cc2ccc(F)cc2F)s1. The first-order valence-electron chi connectivity index (χ1n) is 5.65. The molecule has 96 valence electrons. The summed E-state index contributed by atoms with van der Waals surface area (Å²) < 4.78 is 26.2. The average molecular weight is 269 g/mol. The Hall–Kier alpha value is -1.40. The van der Waals surface area contributed by atoms with Gasteiger partial charge in [0.1, 0.15) is 21.6 Å². The lowest BCUT2D eigenvalue weighted by molar-refractivity contribution is 0.574. The summed E-state index contributed by atoms with van der Waals surface area (Å²) in [5.74, 6) is -1.11. The van der Waals surface area contributed by atoms with Gasteiger partial charge in [-0.3, -0.25) is 0 Å². The predicted octanol–water partition coefficient (Wildman–Crippen LogP) is 2.52. The molecule has 1 aromatic carbocycles. The summed E-state index contributed by atoms with van der Waals surface area (Å²) in [4.78, 5) is 0. The Morgan fingerprint density at radius 3 is 2.72 bits per heavy atom. The molecule has 6 heteroatoms. The second-order valence-electron chi connectivity index (χ2n) is 3.78. The highest BCUT2D eigenvalue weighted by Gasteiger charge is 2.09. The largest absolute Gasteiger partial charge is 0.311 e. The average Bonchev–Trinajstić information content (AvgIpc) is 2.78. The Balaban J connectivity index is 2.06. The lowest BCUT2D eigenvalue weighted by atomic mass is 10.1. The van der Waals surface area contributed by atoms with Gasteiger partial charge < -0.3 is 5.32 Å². The summed E-state index contributed by atoms with van der Waals surface area (Å²) in [7, 11) is 0. The van der Waals surface area contributed by atoms with Gasteiger partial charge in [-0.15, -0.1) is 10.2 Å². The summed E-state index contributed by atoms with van der Waals surface area (Å²) in [6.07, 6.45) is 0.343. The van der Waals surface area contributed by atoms with Crippen molar-refractivity contribution in [2.24, 2.45) is 0 Å². The molecule has 3 nitrogen and oxygen atoms in total. The van der Waals surface area contributed by atoms with Crippen LogP contribution in [0.5, 0.6) is 0 Å². The fraction of sp³-hybridized carbons (Fsp3) is 0.333. The van der Waals surface area contributed by atoms with Crippen LogP contribution in [0.3, 0.4) is 0 Å². The number of nitrogens with zero attached hydrogens (tertiary/aromatic N) is 2. The van der Waals surface area contributed by atoms with Crippen LogP contribution >= 0.6 is 11.3 Å². The third-order valence-electron chi connectivity index (χ3n) is 2.39. The summed E-state index contributed by atoms with van der Waals surface area (Å²) in [5.41, 5.74) is 0.433. The minimum Gasteiger partial charge on any atom is -0.311 e. The van der Waals surface area contributed by atoms with Gasteiger partial charge in [0.15, 0.2) is 0 Å². The van der Waals surface area contributed by atoms with E-state index in [1.165, 1.54) is 23.5 Å². The quantitative estimate of drug-likeness (QED) is 0.906. The lowest BCUT2D eigenvalue weighted by Crippen LogP contribution is -2.11. The molecule has 1 N–H and O–H groups in total. The molecule has 0 unspecified atom stereocenters. The van der Waals surface area contributed by atoms with Crippen LogP contribution in [0.15, 0.2) is 18.2 Å². The predicted molar refractivity (Wildman–Crippen MR) is 66.5 cm³/mol. The second-order valence-corrected chi connectivity index (χ2v) is 4.93. The zero-order valence-electron chi connectivity index (χ0n) is 9.91. The molecule has 0 amide bonds. The fourth-order valence-electron chi connectivity index (χ4n) is 1.49. The molecule has 2 rings (SSSR count). The summed E-state index contributed by atoms with van der Waals surface area (Å²) in [5, 5.41) is 12.7. The van der Waals surface area contributed by atoms with Gasteiger partial charge in [0.25, 0.3) is 0 Å². The minimum atomic E-state index is -0.568. The van der Waals surface area contributed by atoms with E-state index < -0.39 is 11.6 Å². The van der Waals surface area contributed by atoms with Crippen molar-refractivity contribution >= 4 is 11.3 Å². The number of nitrogens with one attached hydrogen (secondary N) is 1. The van der Waals surface area contributed by atoms with Gasteiger partial charge in [-0.05, 0) is 18.2 Å². The van der Waals surface area contributed by atoms with Crippen molar-refractivity contribution in [3.8, 4) is 0 Å². The molecule has 0 aliphatic heterocycles. The van der Waals surface area contributed by atoms with E-state index in [0.717, 1.165) is 22.6 Å². The minimum absolute atomic E-state index is 0.343. The van der Waals surface area contributed by atoms with Crippen LogP contribution < -0.4 is 5.32 Å². The molecule has 0 bridgehead atoms. The molecule has 0 radical (unpaired) electrons. The van der Waals surface area contributed by atoms with Crippen molar-refractivity contribution in [2.75, 3.05) is 6.54 Å². The van der Waals surface area contributed by atoms with Crippen molar-refractivity contribution in [2.45, 2.75) is 19.9 Å². The Morgan fingerprint density at radius 1 is 1.22 bits per heavy atom. The van der Waals surface area contributed by atoms with E-state index in [-0.39, 0.29) is 0 Å². The van der Waals surface area contributed by atoms with E-state index in [1.54, 1.807) is 0 Å². The number of benzene rings is 1. The van der Waals surface area contributed by atoms with E-state index in [9.17, 15) is 8.78 Å². The van der Waals surface area contributed by atoms with Crippen LogP contribution in [0.1, 0.15) is 22.5 Å². The maximum Gasteiger partial charge on any atom is 0.131 e. The first-order chi connectivity index (χ1) is 8.69. The highest BCUT2D eigenvalue weighted by Crippen LogP contribution is 2.17. The summed E-state index contributed by atoms with van der Waals surface area (Å²) in [6, 6.07) is 3.57.